The normalized spacial score (nSPS) is 24.6. The highest BCUT2D eigenvalue weighted by molar-refractivity contribution is 7.91. The van der Waals surface area contributed by atoms with Gasteiger partial charge in [0.15, 0.2) is 9.84 Å². The second-order valence-corrected chi connectivity index (χ2v) is 8.37. The predicted octanol–water partition coefficient (Wildman–Crippen LogP) is 2.23. The van der Waals surface area contributed by atoms with Gasteiger partial charge in [-0.05, 0) is 31.0 Å². The van der Waals surface area contributed by atoms with E-state index in [1.54, 1.807) is 25.1 Å². The molecule has 0 spiro atoms. The average Bonchev–Trinajstić information content (AvgIpc) is 2.57. The molecular weight excluding hydrogens is 321 g/mol. The van der Waals surface area contributed by atoms with E-state index in [9.17, 15) is 13.2 Å². The topological polar surface area (TPSA) is 63.2 Å². The fourth-order valence-corrected chi connectivity index (χ4v) is 4.74. The van der Waals surface area contributed by atoms with Crippen molar-refractivity contribution in [1.82, 2.24) is 5.32 Å². The van der Waals surface area contributed by atoms with Crippen LogP contribution < -0.4 is 5.32 Å². The summed E-state index contributed by atoms with van der Waals surface area (Å²) in [6, 6.07) is 4.99. The molecule has 1 fully saturated rings. The number of carbonyl (C=O) groups excluding carboxylic acids is 1. The third kappa shape index (κ3) is 3.87. The van der Waals surface area contributed by atoms with Gasteiger partial charge in [0, 0.05) is 0 Å². The van der Waals surface area contributed by atoms with Crippen LogP contribution >= 0.6 is 23.2 Å². The first kappa shape index (κ1) is 15.6. The first-order chi connectivity index (χ1) is 9.19. The summed E-state index contributed by atoms with van der Waals surface area (Å²) < 4.78 is 23.0. The third-order valence-electron chi connectivity index (χ3n) is 3.29. The van der Waals surface area contributed by atoms with Gasteiger partial charge in [-0.1, -0.05) is 29.3 Å². The van der Waals surface area contributed by atoms with Crippen LogP contribution in [0.3, 0.4) is 0 Å². The maximum Gasteiger partial charge on any atom is 0.224 e. The molecule has 1 amide bonds. The van der Waals surface area contributed by atoms with Gasteiger partial charge in [-0.3, -0.25) is 4.79 Å². The maximum absolute atomic E-state index is 12.0. The van der Waals surface area contributed by atoms with Crippen LogP contribution in [0.15, 0.2) is 18.2 Å². The number of sulfone groups is 1. The zero-order valence-corrected chi connectivity index (χ0v) is 13.3. The Balaban J connectivity index is 2.01. The number of hydrogen-bond acceptors (Lipinski definition) is 3. The highest BCUT2D eigenvalue weighted by Crippen LogP contribution is 2.24. The Labute approximate surface area is 128 Å². The number of rotatable bonds is 3. The molecular formula is C13H15Cl2NO3S. The first-order valence-corrected chi connectivity index (χ1v) is 8.72. The number of benzene rings is 1. The van der Waals surface area contributed by atoms with E-state index < -0.39 is 15.4 Å². The van der Waals surface area contributed by atoms with Crippen LogP contribution in [0.1, 0.15) is 18.9 Å². The molecule has 20 heavy (non-hydrogen) atoms. The number of hydrogen-bond donors (Lipinski definition) is 1. The number of nitrogens with one attached hydrogen (secondary N) is 1. The van der Waals surface area contributed by atoms with Crippen molar-refractivity contribution in [2.45, 2.75) is 25.3 Å². The van der Waals surface area contributed by atoms with E-state index in [0.29, 0.717) is 16.5 Å². The van der Waals surface area contributed by atoms with Crippen LogP contribution in [0.25, 0.3) is 0 Å². The molecule has 0 aromatic heterocycles. The molecule has 0 aliphatic carbocycles. The minimum absolute atomic E-state index is 0.00683. The number of amides is 1. The molecule has 1 aliphatic heterocycles. The quantitative estimate of drug-likeness (QED) is 0.921. The van der Waals surface area contributed by atoms with E-state index in [-0.39, 0.29) is 23.8 Å². The Morgan fingerprint density at radius 2 is 2.05 bits per heavy atom. The molecule has 1 aliphatic rings. The summed E-state index contributed by atoms with van der Waals surface area (Å²) in [6.45, 7) is 1.75. The lowest BCUT2D eigenvalue weighted by molar-refractivity contribution is -0.121. The SMILES string of the molecule is CC1(NC(=O)Cc2ccc(Cl)c(Cl)c2)CCS(=O)(=O)C1. The Morgan fingerprint density at radius 3 is 2.60 bits per heavy atom. The molecule has 110 valence electrons. The molecule has 1 heterocycles. The Morgan fingerprint density at radius 1 is 1.35 bits per heavy atom. The van der Waals surface area contributed by atoms with Gasteiger partial charge < -0.3 is 5.32 Å². The van der Waals surface area contributed by atoms with Crippen LogP contribution in [0.4, 0.5) is 0 Å². The smallest absolute Gasteiger partial charge is 0.224 e. The van der Waals surface area contributed by atoms with Crippen molar-refractivity contribution in [3.05, 3.63) is 33.8 Å². The summed E-state index contributed by atoms with van der Waals surface area (Å²) in [7, 11) is -3.04. The summed E-state index contributed by atoms with van der Waals surface area (Å²) in [6.07, 6.45) is 0.592. The highest BCUT2D eigenvalue weighted by Gasteiger charge is 2.39. The number of halogens is 2. The second-order valence-electron chi connectivity index (χ2n) is 5.38. The van der Waals surface area contributed by atoms with Crippen molar-refractivity contribution in [2.24, 2.45) is 0 Å². The molecule has 1 saturated heterocycles. The van der Waals surface area contributed by atoms with Crippen molar-refractivity contribution in [2.75, 3.05) is 11.5 Å². The third-order valence-corrected chi connectivity index (χ3v) is 5.94. The van der Waals surface area contributed by atoms with Gasteiger partial charge >= 0.3 is 0 Å². The van der Waals surface area contributed by atoms with E-state index >= 15 is 0 Å². The van der Waals surface area contributed by atoms with E-state index in [1.807, 2.05) is 0 Å². The van der Waals surface area contributed by atoms with Gasteiger partial charge in [0.2, 0.25) is 5.91 Å². The average molecular weight is 336 g/mol. The van der Waals surface area contributed by atoms with Gasteiger partial charge in [-0.2, -0.15) is 0 Å². The summed E-state index contributed by atoms with van der Waals surface area (Å²) >= 11 is 11.7. The van der Waals surface area contributed by atoms with E-state index in [2.05, 4.69) is 5.32 Å². The predicted molar refractivity (Wildman–Crippen MR) is 80.0 cm³/mol. The summed E-state index contributed by atoms with van der Waals surface area (Å²) in [5.74, 6) is -0.105. The van der Waals surface area contributed by atoms with E-state index in [0.717, 1.165) is 5.56 Å². The summed E-state index contributed by atoms with van der Waals surface area (Å²) in [4.78, 5) is 12.0. The van der Waals surface area contributed by atoms with Crippen LogP contribution in [0, 0.1) is 0 Å². The molecule has 1 N–H and O–H groups in total. The van der Waals surface area contributed by atoms with Gasteiger partial charge in [-0.25, -0.2) is 8.42 Å². The fraction of sp³-hybridized carbons (Fsp3) is 0.462. The highest BCUT2D eigenvalue weighted by atomic mass is 35.5. The Kier molecular flexibility index (Phi) is 4.33. The molecule has 0 saturated carbocycles. The zero-order chi connectivity index (χ0) is 15.0. The molecule has 1 atom stereocenters. The molecule has 2 rings (SSSR count). The monoisotopic (exact) mass is 335 g/mol. The van der Waals surface area contributed by atoms with Crippen LogP contribution in [0.2, 0.25) is 10.0 Å². The van der Waals surface area contributed by atoms with Crippen molar-refractivity contribution in [3.63, 3.8) is 0 Å². The standard InChI is InChI=1S/C13H15Cl2NO3S/c1-13(4-5-20(18,19)8-13)16-12(17)7-9-2-3-10(14)11(15)6-9/h2-3,6H,4-5,7-8H2,1H3,(H,16,17). The second kappa shape index (κ2) is 5.54. The van der Waals surface area contributed by atoms with Crippen molar-refractivity contribution < 1.29 is 13.2 Å². The van der Waals surface area contributed by atoms with Crippen molar-refractivity contribution in [3.8, 4) is 0 Å². The van der Waals surface area contributed by atoms with Crippen molar-refractivity contribution >= 4 is 38.9 Å². The van der Waals surface area contributed by atoms with E-state index in [4.69, 9.17) is 23.2 Å². The van der Waals surface area contributed by atoms with Gasteiger partial charge in [0.25, 0.3) is 0 Å². The van der Waals surface area contributed by atoms with E-state index in [1.165, 1.54) is 0 Å². The summed E-state index contributed by atoms with van der Waals surface area (Å²) in [5, 5.41) is 3.63. The zero-order valence-electron chi connectivity index (χ0n) is 10.9. The molecule has 0 radical (unpaired) electrons. The Hall–Kier alpha value is -0.780. The van der Waals surface area contributed by atoms with Gasteiger partial charge in [-0.15, -0.1) is 0 Å². The van der Waals surface area contributed by atoms with Crippen molar-refractivity contribution in [1.29, 1.82) is 0 Å². The lowest BCUT2D eigenvalue weighted by Gasteiger charge is -2.23. The molecule has 1 aromatic rings. The van der Waals surface area contributed by atoms with Gasteiger partial charge in [0.1, 0.15) is 0 Å². The van der Waals surface area contributed by atoms with Crippen LogP contribution in [-0.4, -0.2) is 31.4 Å². The minimum atomic E-state index is -3.04. The molecule has 1 aromatic carbocycles. The molecule has 1 unspecified atom stereocenters. The van der Waals surface area contributed by atoms with Crippen LogP contribution in [0.5, 0.6) is 0 Å². The molecule has 7 heteroatoms. The van der Waals surface area contributed by atoms with Crippen LogP contribution in [-0.2, 0) is 21.1 Å². The minimum Gasteiger partial charge on any atom is -0.350 e. The molecule has 0 bridgehead atoms. The maximum atomic E-state index is 12.0. The lowest BCUT2D eigenvalue weighted by atomic mass is 10.0. The summed E-state index contributed by atoms with van der Waals surface area (Å²) in [5.41, 5.74) is 0.0629. The number of carbonyl (C=O) groups is 1. The van der Waals surface area contributed by atoms with Gasteiger partial charge in [0.05, 0.1) is 33.5 Å². The fourth-order valence-electron chi connectivity index (χ4n) is 2.32. The largest absolute Gasteiger partial charge is 0.350 e. The molecule has 4 nitrogen and oxygen atoms in total. The first-order valence-electron chi connectivity index (χ1n) is 6.15. The Bertz CT molecular complexity index is 645. The lowest BCUT2D eigenvalue weighted by Crippen LogP contribution is -2.47.